The van der Waals surface area contributed by atoms with Gasteiger partial charge in [0.2, 0.25) is 0 Å². The van der Waals surface area contributed by atoms with E-state index in [0.29, 0.717) is 0 Å². The van der Waals surface area contributed by atoms with Crippen molar-refractivity contribution in [2.45, 2.75) is 0 Å². The Bertz CT molecular complexity index is 1250. The molecule has 5 rings (SSSR count). The molecule has 1 nitrogen and oxygen atoms in total. The number of hydrogen-bond donors (Lipinski definition) is 1. The van der Waals surface area contributed by atoms with Crippen LogP contribution in [0.1, 0.15) is 11.1 Å². The lowest BCUT2D eigenvalue weighted by molar-refractivity contribution is 1.53. The number of benzene rings is 4. The second kappa shape index (κ2) is 6.62. The van der Waals surface area contributed by atoms with E-state index in [1.807, 2.05) is 6.07 Å². The molecule has 1 N–H and O–H groups in total. The van der Waals surface area contributed by atoms with E-state index < -0.39 is 0 Å². The summed E-state index contributed by atoms with van der Waals surface area (Å²) in [6, 6.07) is 34.1. The van der Waals surface area contributed by atoms with Gasteiger partial charge in [-0.1, -0.05) is 91.0 Å². The highest BCUT2D eigenvalue weighted by molar-refractivity contribution is 6.09. The highest BCUT2D eigenvalue weighted by Crippen LogP contribution is 2.33. The van der Waals surface area contributed by atoms with Gasteiger partial charge in [-0.25, -0.2) is 0 Å². The van der Waals surface area contributed by atoms with Gasteiger partial charge in [-0.15, -0.1) is 0 Å². The molecule has 0 saturated heterocycles. The fourth-order valence-corrected chi connectivity index (χ4v) is 3.67. The molecular weight excluding hydrogens is 326 g/mol. The van der Waals surface area contributed by atoms with Crippen LogP contribution in [-0.2, 0) is 0 Å². The molecule has 0 unspecified atom stereocenters. The minimum absolute atomic E-state index is 1.17. The van der Waals surface area contributed by atoms with Gasteiger partial charge < -0.3 is 4.98 Å². The first-order valence-corrected chi connectivity index (χ1v) is 9.21. The average molecular weight is 345 g/mol. The Morgan fingerprint density at radius 3 is 2.07 bits per heavy atom. The van der Waals surface area contributed by atoms with Crippen molar-refractivity contribution in [3.05, 3.63) is 108 Å². The Labute approximate surface area is 158 Å². The van der Waals surface area contributed by atoms with Gasteiger partial charge in [-0.05, 0) is 40.5 Å². The molecule has 4 aromatic carbocycles. The summed E-state index contributed by atoms with van der Waals surface area (Å²) in [6.45, 7) is 0. The molecule has 0 saturated carbocycles. The number of rotatable bonds is 3. The van der Waals surface area contributed by atoms with Crippen LogP contribution in [0.3, 0.4) is 0 Å². The lowest BCUT2D eigenvalue weighted by atomic mass is 9.96. The highest BCUT2D eigenvalue weighted by Gasteiger charge is 2.09. The molecule has 0 fully saturated rings. The van der Waals surface area contributed by atoms with Crippen molar-refractivity contribution in [3.63, 3.8) is 0 Å². The van der Waals surface area contributed by atoms with E-state index in [4.69, 9.17) is 0 Å². The summed E-state index contributed by atoms with van der Waals surface area (Å²) in [5.41, 5.74) is 7.24. The smallest absolute Gasteiger partial charge is 0.0471 e. The number of aromatic nitrogens is 1. The number of H-pyrrole nitrogens is 1. The van der Waals surface area contributed by atoms with E-state index in [0.717, 1.165) is 0 Å². The second-order valence-corrected chi connectivity index (χ2v) is 6.77. The van der Waals surface area contributed by atoms with Gasteiger partial charge in [0.15, 0.2) is 0 Å². The van der Waals surface area contributed by atoms with Crippen molar-refractivity contribution >= 4 is 34.0 Å². The maximum atomic E-state index is 3.57. The first-order valence-electron chi connectivity index (χ1n) is 9.21. The maximum absolute atomic E-state index is 3.57. The van der Waals surface area contributed by atoms with Crippen molar-refractivity contribution in [2.75, 3.05) is 0 Å². The summed E-state index contributed by atoms with van der Waals surface area (Å²) in [6.07, 6.45) is 4.40. The van der Waals surface area contributed by atoms with Crippen LogP contribution in [-0.4, -0.2) is 4.98 Å². The Balaban J connectivity index is 1.75. The number of fused-ring (bicyclic) bond motifs is 3. The summed E-state index contributed by atoms with van der Waals surface area (Å²) in [4.78, 5) is 3.57. The van der Waals surface area contributed by atoms with Crippen molar-refractivity contribution in [1.29, 1.82) is 0 Å². The highest BCUT2D eigenvalue weighted by atomic mass is 14.7. The molecule has 0 spiro atoms. The van der Waals surface area contributed by atoms with Crippen LogP contribution >= 0.6 is 0 Å². The molecule has 0 aliphatic rings. The van der Waals surface area contributed by atoms with E-state index in [-0.39, 0.29) is 0 Å². The van der Waals surface area contributed by atoms with E-state index >= 15 is 0 Å². The molecule has 0 aliphatic heterocycles. The Morgan fingerprint density at radius 1 is 0.556 bits per heavy atom. The quantitative estimate of drug-likeness (QED) is 0.334. The molecule has 1 heterocycles. The summed E-state index contributed by atoms with van der Waals surface area (Å²) in [7, 11) is 0. The van der Waals surface area contributed by atoms with Gasteiger partial charge in [0.05, 0.1) is 0 Å². The van der Waals surface area contributed by atoms with Crippen LogP contribution in [0.5, 0.6) is 0 Å². The Kier molecular flexibility index (Phi) is 3.84. The normalized spacial score (nSPS) is 11.6. The zero-order chi connectivity index (χ0) is 18.1. The van der Waals surface area contributed by atoms with E-state index in [2.05, 4.69) is 108 Å². The van der Waals surface area contributed by atoms with Crippen LogP contribution in [0.4, 0.5) is 0 Å². The van der Waals surface area contributed by atoms with Crippen LogP contribution in [0.15, 0.2) is 97.1 Å². The summed E-state index contributed by atoms with van der Waals surface area (Å²) >= 11 is 0. The molecule has 0 atom stereocenters. The predicted octanol–water partition coefficient (Wildman–Crippen LogP) is 7.16. The molecule has 1 aromatic heterocycles. The SMILES string of the molecule is C(=C\c1cc2c(cc1-c1ccccc1)[nH]c1ccccc12)/c1ccccc1. The molecule has 0 amide bonds. The molecule has 0 radical (unpaired) electrons. The first-order chi connectivity index (χ1) is 13.4. The summed E-state index contributed by atoms with van der Waals surface area (Å²) < 4.78 is 0. The zero-order valence-corrected chi connectivity index (χ0v) is 14.9. The van der Waals surface area contributed by atoms with Gasteiger partial charge in [-0.3, -0.25) is 0 Å². The summed E-state index contributed by atoms with van der Waals surface area (Å²) in [5.74, 6) is 0. The molecule has 5 aromatic rings. The standard InChI is InChI=1S/C26H19N/c1-3-9-19(10-4-1)15-16-21-17-24-22-13-7-8-14-25(22)27-26(24)18-23(21)20-11-5-2-6-12-20/h1-18,27H/b16-15+. The van der Waals surface area contributed by atoms with Gasteiger partial charge in [-0.2, -0.15) is 0 Å². The minimum atomic E-state index is 1.17. The third kappa shape index (κ3) is 2.94. The molecular formula is C26H19N. The van der Waals surface area contributed by atoms with Gasteiger partial charge in [0.25, 0.3) is 0 Å². The Morgan fingerprint density at radius 2 is 1.26 bits per heavy atom. The van der Waals surface area contributed by atoms with Crippen LogP contribution < -0.4 is 0 Å². The van der Waals surface area contributed by atoms with E-state index in [1.165, 1.54) is 44.1 Å². The fourth-order valence-electron chi connectivity index (χ4n) is 3.67. The fraction of sp³-hybridized carbons (Fsp3) is 0. The van der Waals surface area contributed by atoms with Crippen LogP contribution in [0.2, 0.25) is 0 Å². The Hall–Kier alpha value is -3.58. The third-order valence-corrected chi connectivity index (χ3v) is 5.02. The molecule has 0 bridgehead atoms. The van der Waals surface area contributed by atoms with E-state index in [1.54, 1.807) is 0 Å². The summed E-state index contributed by atoms with van der Waals surface area (Å²) in [5, 5.41) is 2.53. The number of nitrogens with one attached hydrogen (secondary N) is 1. The lowest BCUT2D eigenvalue weighted by Crippen LogP contribution is -1.84. The van der Waals surface area contributed by atoms with Crippen molar-refractivity contribution < 1.29 is 0 Å². The number of para-hydroxylation sites is 1. The molecule has 27 heavy (non-hydrogen) atoms. The van der Waals surface area contributed by atoms with Crippen LogP contribution in [0.25, 0.3) is 45.1 Å². The van der Waals surface area contributed by atoms with Gasteiger partial charge in [0, 0.05) is 21.8 Å². The van der Waals surface area contributed by atoms with Crippen LogP contribution in [0, 0.1) is 0 Å². The van der Waals surface area contributed by atoms with Gasteiger partial charge in [0.1, 0.15) is 0 Å². The van der Waals surface area contributed by atoms with Crippen molar-refractivity contribution in [2.24, 2.45) is 0 Å². The minimum Gasteiger partial charge on any atom is -0.354 e. The average Bonchev–Trinajstić information content (AvgIpc) is 3.10. The second-order valence-electron chi connectivity index (χ2n) is 6.77. The monoisotopic (exact) mass is 345 g/mol. The largest absolute Gasteiger partial charge is 0.354 e. The number of aromatic amines is 1. The number of hydrogen-bond acceptors (Lipinski definition) is 0. The van der Waals surface area contributed by atoms with Crippen molar-refractivity contribution in [3.8, 4) is 11.1 Å². The molecule has 128 valence electrons. The lowest BCUT2D eigenvalue weighted by Gasteiger charge is -2.08. The third-order valence-electron chi connectivity index (χ3n) is 5.02. The van der Waals surface area contributed by atoms with Gasteiger partial charge >= 0.3 is 0 Å². The predicted molar refractivity (Wildman–Crippen MR) is 117 cm³/mol. The molecule has 1 heteroatoms. The zero-order valence-electron chi connectivity index (χ0n) is 14.9. The maximum Gasteiger partial charge on any atom is 0.0471 e. The van der Waals surface area contributed by atoms with E-state index in [9.17, 15) is 0 Å². The van der Waals surface area contributed by atoms with Crippen molar-refractivity contribution in [1.82, 2.24) is 4.98 Å². The molecule has 0 aliphatic carbocycles. The first kappa shape index (κ1) is 15.7. The topological polar surface area (TPSA) is 15.8 Å².